The molecule has 0 spiro atoms. The van der Waals surface area contributed by atoms with Crippen molar-refractivity contribution in [3.8, 4) is 22.8 Å². The maximum absolute atomic E-state index is 4.81. The van der Waals surface area contributed by atoms with E-state index in [0.717, 1.165) is 28.5 Å². The molecule has 0 atom stereocenters. The Labute approximate surface area is 219 Å². The average molecular weight is 484 g/mol. The van der Waals surface area contributed by atoms with Crippen molar-refractivity contribution in [2.75, 3.05) is 0 Å². The molecule has 3 nitrogen and oxygen atoms in total. The predicted octanol–water partition coefficient (Wildman–Crippen LogP) is 8.86. The molecule has 6 rings (SSSR count). The molecular weight excluding hydrogens is 450 g/mol. The minimum Gasteiger partial charge on any atom is -0.309 e. The molecule has 0 unspecified atom stereocenters. The Morgan fingerprint density at radius 3 is 1.65 bits per heavy atom. The zero-order valence-corrected chi connectivity index (χ0v) is 22.5. The van der Waals surface area contributed by atoms with Gasteiger partial charge in [-0.05, 0) is 91.4 Å². The molecule has 0 radical (unpaired) electrons. The topological polar surface area (TPSA) is 22.8 Å². The van der Waals surface area contributed by atoms with Crippen molar-refractivity contribution in [1.82, 2.24) is 14.1 Å². The number of hydrogen-bond acceptors (Lipinski definition) is 1. The van der Waals surface area contributed by atoms with Gasteiger partial charge in [0.05, 0.1) is 11.0 Å². The lowest BCUT2D eigenvalue weighted by Crippen LogP contribution is -2.11. The highest BCUT2D eigenvalue weighted by Crippen LogP contribution is 2.34. The molecule has 0 saturated carbocycles. The summed E-state index contributed by atoms with van der Waals surface area (Å²) in [7, 11) is 0. The Morgan fingerprint density at radius 1 is 0.595 bits per heavy atom. The van der Waals surface area contributed by atoms with Gasteiger partial charge in [0.2, 0.25) is 0 Å². The van der Waals surface area contributed by atoms with Crippen molar-refractivity contribution in [3.05, 3.63) is 114 Å². The highest BCUT2D eigenvalue weighted by atomic mass is 15.1. The van der Waals surface area contributed by atoms with E-state index in [-0.39, 0.29) is 5.41 Å². The third-order valence-electron chi connectivity index (χ3n) is 7.39. The van der Waals surface area contributed by atoms with E-state index in [4.69, 9.17) is 4.98 Å². The fraction of sp³-hybridized carbons (Fsp3) is 0.206. The third-order valence-corrected chi connectivity index (χ3v) is 7.39. The number of nitrogens with zero attached hydrogens (tertiary/aromatic N) is 3. The molecule has 184 valence electrons. The lowest BCUT2D eigenvalue weighted by atomic mass is 9.87. The van der Waals surface area contributed by atoms with E-state index < -0.39 is 0 Å². The molecule has 0 aliphatic heterocycles. The molecule has 0 aliphatic carbocycles. The zero-order chi connectivity index (χ0) is 25.9. The molecule has 0 N–H and O–H groups in total. The van der Waals surface area contributed by atoms with Gasteiger partial charge in [-0.3, -0.25) is 4.57 Å². The molecule has 37 heavy (non-hydrogen) atoms. The van der Waals surface area contributed by atoms with Crippen molar-refractivity contribution < 1.29 is 0 Å². The quantitative estimate of drug-likeness (QED) is 0.246. The number of imidazole rings is 1. The first-order chi connectivity index (χ1) is 17.7. The van der Waals surface area contributed by atoms with Crippen LogP contribution in [0.25, 0.3) is 44.6 Å². The van der Waals surface area contributed by atoms with E-state index in [9.17, 15) is 0 Å². The van der Waals surface area contributed by atoms with Crippen LogP contribution >= 0.6 is 0 Å². The summed E-state index contributed by atoms with van der Waals surface area (Å²) in [5, 5.41) is 2.57. The van der Waals surface area contributed by atoms with Crippen LogP contribution in [0.1, 0.15) is 43.2 Å². The number of rotatable bonds is 3. The maximum atomic E-state index is 4.81. The van der Waals surface area contributed by atoms with Crippen LogP contribution in [0.3, 0.4) is 0 Å². The minimum absolute atomic E-state index is 0.130. The fourth-order valence-corrected chi connectivity index (χ4v) is 5.35. The first-order valence-corrected chi connectivity index (χ1v) is 13.0. The monoisotopic (exact) mass is 483 g/mol. The third kappa shape index (κ3) is 3.95. The summed E-state index contributed by atoms with van der Waals surface area (Å²) in [6, 6.07) is 31.2. The van der Waals surface area contributed by atoms with Gasteiger partial charge < -0.3 is 4.57 Å². The second kappa shape index (κ2) is 8.48. The van der Waals surface area contributed by atoms with E-state index in [0.29, 0.717) is 0 Å². The summed E-state index contributed by atoms with van der Waals surface area (Å²) in [6.45, 7) is 13.2. The molecule has 3 heteroatoms. The van der Waals surface area contributed by atoms with Gasteiger partial charge in [0.1, 0.15) is 5.82 Å². The lowest BCUT2D eigenvalue weighted by molar-refractivity contribution is 0.590. The number of benzene rings is 4. The van der Waals surface area contributed by atoms with E-state index in [1.165, 1.54) is 38.5 Å². The number of hydrogen-bond donors (Lipinski definition) is 0. The molecule has 0 aliphatic rings. The summed E-state index contributed by atoms with van der Waals surface area (Å²) >= 11 is 0. The first kappa shape index (κ1) is 23.3. The molecule has 0 bridgehead atoms. The molecule has 6 aromatic rings. The molecule has 0 amide bonds. The van der Waals surface area contributed by atoms with Crippen molar-refractivity contribution in [1.29, 1.82) is 0 Å². The molecule has 2 aromatic heterocycles. The van der Waals surface area contributed by atoms with Crippen LogP contribution in [-0.4, -0.2) is 14.1 Å². The zero-order valence-electron chi connectivity index (χ0n) is 22.5. The molecular formula is C34H33N3. The SMILES string of the molecule is Cc1ccc2c3ccc(C)cc3n(-c3ccc(-c4ncc(C)n4-c4ccc(C(C)(C)C)cc4)cc3)c2c1. The Hall–Kier alpha value is -4.11. The maximum Gasteiger partial charge on any atom is 0.144 e. The highest BCUT2D eigenvalue weighted by Gasteiger charge is 2.17. The summed E-state index contributed by atoms with van der Waals surface area (Å²) in [4.78, 5) is 4.81. The first-order valence-electron chi connectivity index (χ1n) is 13.0. The molecule has 0 fully saturated rings. The van der Waals surface area contributed by atoms with Crippen LogP contribution < -0.4 is 0 Å². The minimum atomic E-state index is 0.130. The normalized spacial score (nSPS) is 12.1. The smallest absolute Gasteiger partial charge is 0.144 e. The van der Waals surface area contributed by atoms with Crippen LogP contribution in [0.15, 0.2) is 91.1 Å². The van der Waals surface area contributed by atoms with E-state index in [1.807, 2.05) is 6.20 Å². The lowest BCUT2D eigenvalue weighted by Gasteiger charge is -2.20. The van der Waals surface area contributed by atoms with E-state index >= 15 is 0 Å². The molecule has 2 heterocycles. The largest absolute Gasteiger partial charge is 0.309 e. The number of aromatic nitrogens is 3. The van der Waals surface area contributed by atoms with E-state index in [1.54, 1.807) is 0 Å². The second-order valence-electron chi connectivity index (χ2n) is 11.3. The van der Waals surface area contributed by atoms with Gasteiger partial charge in [-0.15, -0.1) is 0 Å². The van der Waals surface area contributed by atoms with Gasteiger partial charge in [-0.25, -0.2) is 4.98 Å². The van der Waals surface area contributed by atoms with Crippen LogP contribution in [0.2, 0.25) is 0 Å². The standard InChI is InChI=1S/C34H33N3/c1-22-7-17-29-30-18-8-23(2)20-32(30)37(31(29)19-22)28-13-9-25(10-14-28)33-35-21-24(3)36(33)27-15-11-26(12-16-27)34(4,5)6/h7-21H,1-6H3. The molecule has 4 aromatic carbocycles. The fourth-order valence-electron chi connectivity index (χ4n) is 5.35. The number of aryl methyl sites for hydroxylation is 3. The van der Waals surface area contributed by atoms with Crippen molar-refractivity contribution in [2.45, 2.75) is 47.0 Å². The van der Waals surface area contributed by atoms with Crippen molar-refractivity contribution in [3.63, 3.8) is 0 Å². The Balaban J connectivity index is 1.45. The Morgan fingerprint density at radius 2 is 1.11 bits per heavy atom. The molecule has 0 saturated heterocycles. The van der Waals surface area contributed by atoms with Crippen LogP contribution in [0, 0.1) is 20.8 Å². The average Bonchev–Trinajstić information content (AvgIpc) is 3.40. The predicted molar refractivity (Wildman–Crippen MR) is 156 cm³/mol. The van der Waals surface area contributed by atoms with Gasteiger partial charge in [-0.2, -0.15) is 0 Å². The van der Waals surface area contributed by atoms with Gasteiger partial charge in [-0.1, -0.05) is 57.2 Å². The van der Waals surface area contributed by atoms with Crippen molar-refractivity contribution in [2.24, 2.45) is 0 Å². The summed E-state index contributed by atoms with van der Waals surface area (Å²) in [5.74, 6) is 0.960. The van der Waals surface area contributed by atoms with E-state index in [2.05, 4.69) is 136 Å². The van der Waals surface area contributed by atoms with Gasteiger partial charge >= 0.3 is 0 Å². The second-order valence-corrected chi connectivity index (χ2v) is 11.3. The highest BCUT2D eigenvalue weighted by molar-refractivity contribution is 6.09. The van der Waals surface area contributed by atoms with Gasteiger partial charge in [0, 0.05) is 39.6 Å². The summed E-state index contributed by atoms with van der Waals surface area (Å²) in [6.07, 6.45) is 1.96. The van der Waals surface area contributed by atoms with Crippen LogP contribution in [0.5, 0.6) is 0 Å². The van der Waals surface area contributed by atoms with Gasteiger partial charge in [0.15, 0.2) is 0 Å². The van der Waals surface area contributed by atoms with Crippen LogP contribution in [-0.2, 0) is 5.41 Å². The van der Waals surface area contributed by atoms with Crippen LogP contribution in [0.4, 0.5) is 0 Å². The number of fused-ring (bicyclic) bond motifs is 3. The summed E-state index contributed by atoms with van der Waals surface area (Å²) in [5.41, 5.74) is 11.0. The van der Waals surface area contributed by atoms with Gasteiger partial charge in [0.25, 0.3) is 0 Å². The Bertz CT molecular complexity index is 1700. The Kier molecular flexibility index (Phi) is 5.34. The van der Waals surface area contributed by atoms with Crippen molar-refractivity contribution >= 4 is 21.8 Å². The summed E-state index contributed by atoms with van der Waals surface area (Å²) < 4.78 is 4.63.